The summed E-state index contributed by atoms with van der Waals surface area (Å²) >= 11 is 1.68. The monoisotopic (exact) mass is 496 g/mol. The summed E-state index contributed by atoms with van der Waals surface area (Å²) in [6.07, 6.45) is 3.79. The Morgan fingerprint density at radius 2 is 1.88 bits per heavy atom. The number of aliphatic hydroxyl groups is 1. The fraction of sp³-hybridized carbons (Fsp3) is 0.885. The summed E-state index contributed by atoms with van der Waals surface area (Å²) in [6.45, 7) is 15.3. The van der Waals surface area contributed by atoms with Crippen LogP contribution >= 0.6 is 11.8 Å². The van der Waals surface area contributed by atoms with E-state index in [0.29, 0.717) is 13.0 Å². The Labute approximate surface area is 209 Å². The molecule has 3 heterocycles. The average Bonchev–Trinajstić information content (AvgIpc) is 3.27. The van der Waals surface area contributed by atoms with E-state index in [2.05, 4.69) is 33.0 Å². The maximum atomic E-state index is 14.0. The van der Waals surface area contributed by atoms with Gasteiger partial charge < -0.3 is 20.1 Å². The predicted octanol–water partition coefficient (Wildman–Crippen LogP) is 3.38. The van der Waals surface area contributed by atoms with Crippen molar-refractivity contribution in [3.63, 3.8) is 0 Å². The number of hydrogen-bond acceptors (Lipinski definition) is 6. The van der Waals surface area contributed by atoms with E-state index >= 15 is 0 Å². The molecule has 3 fully saturated rings. The van der Waals surface area contributed by atoms with Crippen molar-refractivity contribution in [1.29, 1.82) is 0 Å². The van der Waals surface area contributed by atoms with Gasteiger partial charge in [-0.15, -0.1) is 11.8 Å². The zero-order valence-corrected chi connectivity index (χ0v) is 22.8. The second kappa shape index (κ2) is 10.00. The van der Waals surface area contributed by atoms with Gasteiger partial charge in [-0.05, 0) is 64.2 Å². The number of rotatable bonds is 10. The molecule has 3 aliphatic heterocycles. The Morgan fingerprint density at radius 3 is 2.47 bits per heavy atom. The van der Waals surface area contributed by atoms with Crippen LogP contribution in [0.15, 0.2) is 0 Å². The SMILES string of the molecule is CCOC(=O)[C@@H]1[C@@H]2CC(C)C3(S2)C(C(=O)NC(C)(C)CC(C)(C)C)N(CCCCCO)C(=O)[C@H]13. The van der Waals surface area contributed by atoms with E-state index in [1.165, 1.54) is 0 Å². The van der Waals surface area contributed by atoms with Crippen LogP contribution in [0, 0.1) is 23.2 Å². The van der Waals surface area contributed by atoms with Crippen molar-refractivity contribution in [2.24, 2.45) is 23.2 Å². The lowest BCUT2D eigenvalue weighted by molar-refractivity contribution is -0.154. The number of carbonyl (C=O) groups is 3. The molecule has 0 aliphatic carbocycles. The lowest BCUT2D eigenvalue weighted by Gasteiger charge is -2.41. The number of ether oxygens (including phenoxy) is 1. The molecule has 1 spiro atoms. The molecule has 3 rings (SSSR count). The Morgan fingerprint density at radius 1 is 1.21 bits per heavy atom. The van der Waals surface area contributed by atoms with E-state index in [9.17, 15) is 14.4 Å². The minimum Gasteiger partial charge on any atom is -0.466 e. The van der Waals surface area contributed by atoms with Gasteiger partial charge in [-0.2, -0.15) is 0 Å². The predicted molar refractivity (Wildman–Crippen MR) is 134 cm³/mol. The van der Waals surface area contributed by atoms with Crippen LogP contribution in [0.25, 0.3) is 0 Å². The summed E-state index contributed by atoms with van der Waals surface area (Å²) in [5.74, 6) is -1.37. The number of nitrogens with one attached hydrogen (secondary N) is 1. The smallest absolute Gasteiger partial charge is 0.310 e. The maximum absolute atomic E-state index is 14.0. The van der Waals surface area contributed by atoms with Crippen molar-refractivity contribution in [3.05, 3.63) is 0 Å². The second-order valence-electron chi connectivity index (χ2n) is 12.2. The summed E-state index contributed by atoms with van der Waals surface area (Å²) in [6, 6.07) is -0.609. The van der Waals surface area contributed by atoms with E-state index in [-0.39, 0.29) is 47.6 Å². The number of aliphatic hydroxyl groups excluding tert-OH is 1. The summed E-state index contributed by atoms with van der Waals surface area (Å²) in [7, 11) is 0. The third-order valence-corrected chi connectivity index (χ3v) is 9.62. The highest BCUT2D eigenvalue weighted by molar-refractivity contribution is 8.02. The quantitative estimate of drug-likeness (QED) is 0.356. The molecular weight excluding hydrogens is 452 g/mol. The Balaban J connectivity index is 1.95. The lowest BCUT2D eigenvalue weighted by Crippen LogP contribution is -2.60. The molecule has 3 aliphatic rings. The fourth-order valence-electron chi connectivity index (χ4n) is 6.91. The minimum absolute atomic E-state index is 0.0115. The van der Waals surface area contributed by atoms with E-state index in [4.69, 9.17) is 9.84 Å². The average molecular weight is 497 g/mol. The number of unbranched alkanes of at least 4 members (excludes halogenated alkanes) is 2. The Kier molecular flexibility index (Phi) is 8.03. The Bertz CT molecular complexity index is 795. The van der Waals surface area contributed by atoms with Crippen LogP contribution in [-0.4, -0.2) is 69.1 Å². The summed E-state index contributed by atoms with van der Waals surface area (Å²) in [5, 5.41) is 12.5. The third-order valence-electron chi connectivity index (χ3n) is 7.54. The molecule has 34 heavy (non-hydrogen) atoms. The van der Waals surface area contributed by atoms with Crippen molar-refractivity contribution in [2.75, 3.05) is 19.8 Å². The van der Waals surface area contributed by atoms with Crippen LogP contribution in [0.2, 0.25) is 0 Å². The molecular formula is C26H44N2O5S. The lowest BCUT2D eigenvalue weighted by atomic mass is 9.66. The van der Waals surface area contributed by atoms with Gasteiger partial charge in [-0.3, -0.25) is 14.4 Å². The highest BCUT2D eigenvalue weighted by Crippen LogP contribution is 2.68. The standard InChI is InChI=1S/C26H44N2O5S/c1-8-33-23(32)18-17-14-16(2)26(34-17)19(18)22(31)28(12-10-9-11-13-29)20(26)21(30)27-25(6,7)15-24(3,4)5/h16-20,29H,8-15H2,1-7H3,(H,27,30)/t16?,17-,18+,19-,20?,26?/m0/s1. The zero-order chi connectivity index (χ0) is 25.5. The van der Waals surface area contributed by atoms with E-state index < -0.39 is 28.2 Å². The van der Waals surface area contributed by atoms with E-state index in [1.807, 2.05) is 13.8 Å². The number of hydrogen-bond donors (Lipinski definition) is 2. The molecule has 8 heteroatoms. The Hall–Kier alpha value is -1.28. The van der Waals surface area contributed by atoms with Gasteiger partial charge in [-0.25, -0.2) is 0 Å². The molecule has 0 aromatic rings. The van der Waals surface area contributed by atoms with Crippen LogP contribution in [0.4, 0.5) is 0 Å². The molecule has 2 amide bonds. The number of nitrogens with zero attached hydrogens (tertiary/aromatic N) is 1. The highest BCUT2D eigenvalue weighted by atomic mass is 32.2. The van der Waals surface area contributed by atoms with Gasteiger partial charge in [0, 0.05) is 23.9 Å². The molecule has 2 bridgehead atoms. The first-order valence-electron chi connectivity index (χ1n) is 12.9. The summed E-state index contributed by atoms with van der Waals surface area (Å²) in [5.41, 5.74) is -0.392. The number of thioether (sulfide) groups is 1. The maximum Gasteiger partial charge on any atom is 0.310 e. The fourth-order valence-corrected chi connectivity index (χ4v) is 9.32. The normalized spacial score (nSPS) is 32.8. The molecule has 6 atom stereocenters. The summed E-state index contributed by atoms with van der Waals surface area (Å²) in [4.78, 5) is 42.6. The van der Waals surface area contributed by atoms with Crippen LogP contribution in [0.1, 0.15) is 80.6 Å². The number of carbonyl (C=O) groups excluding carboxylic acids is 3. The minimum atomic E-state index is -0.613. The number of likely N-dealkylation sites (tertiary alicyclic amines) is 1. The highest BCUT2D eigenvalue weighted by Gasteiger charge is 2.76. The molecule has 7 nitrogen and oxygen atoms in total. The molecule has 0 aromatic heterocycles. The first-order valence-corrected chi connectivity index (χ1v) is 13.7. The second-order valence-corrected chi connectivity index (χ2v) is 13.8. The molecule has 0 radical (unpaired) electrons. The van der Waals surface area contributed by atoms with E-state index in [0.717, 1.165) is 25.7 Å². The van der Waals surface area contributed by atoms with Crippen LogP contribution < -0.4 is 5.32 Å². The van der Waals surface area contributed by atoms with Gasteiger partial charge >= 0.3 is 5.97 Å². The van der Waals surface area contributed by atoms with Gasteiger partial charge in [0.05, 0.1) is 23.2 Å². The van der Waals surface area contributed by atoms with Gasteiger partial charge in [-0.1, -0.05) is 27.7 Å². The van der Waals surface area contributed by atoms with Gasteiger partial charge in [0.15, 0.2) is 0 Å². The number of amides is 2. The number of esters is 1. The van der Waals surface area contributed by atoms with Crippen molar-refractivity contribution < 1.29 is 24.2 Å². The molecule has 3 saturated heterocycles. The molecule has 194 valence electrons. The summed E-state index contributed by atoms with van der Waals surface area (Å²) < 4.78 is 4.78. The third kappa shape index (κ3) is 4.99. The van der Waals surface area contributed by atoms with Gasteiger partial charge in [0.25, 0.3) is 0 Å². The van der Waals surface area contributed by atoms with Crippen molar-refractivity contribution >= 4 is 29.5 Å². The van der Waals surface area contributed by atoms with Gasteiger partial charge in [0.1, 0.15) is 6.04 Å². The molecule has 0 aromatic carbocycles. The van der Waals surface area contributed by atoms with Crippen LogP contribution in [0.3, 0.4) is 0 Å². The molecule has 0 saturated carbocycles. The number of fused-ring (bicyclic) bond motifs is 1. The van der Waals surface area contributed by atoms with Crippen molar-refractivity contribution in [2.45, 2.75) is 102 Å². The van der Waals surface area contributed by atoms with Crippen LogP contribution in [0.5, 0.6) is 0 Å². The van der Waals surface area contributed by atoms with Crippen LogP contribution in [-0.2, 0) is 19.1 Å². The zero-order valence-electron chi connectivity index (χ0n) is 22.0. The molecule has 3 unspecified atom stereocenters. The van der Waals surface area contributed by atoms with Crippen molar-refractivity contribution in [1.82, 2.24) is 10.2 Å². The first kappa shape index (κ1) is 27.3. The topological polar surface area (TPSA) is 95.9 Å². The van der Waals surface area contributed by atoms with Gasteiger partial charge in [0.2, 0.25) is 11.8 Å². The molecule has 2 N–H and O–H groups in total. The van der Waals surface area contributed by atoms with E-state index in [1.54, 1.807) is 23.6 Å². The first-order chi connectivity index (χ1) is 15.8. The largest absolute Gasteiger partial charge is 0.466 e. The van der Waals surface area contributed by atoms with Crippen molar-refractivity contribution in [3.8, 4) is 0 Å².